The van der Waals surface area contributed by atoms with Crippen LogP contribution in [-0.4, -0.2) is 16.8 Å². The lowest BCUT2D eigenvalue weighted by Crippen LogP contribution is -2.05. The molecule has 5 nitrogen and oxygen atoms in total. The van der Waals surface area contributed by atoms with Crippen LogP contribution in [0.4, 0.5) is 0 Å². The first kappa shape index (κ1) is 16.6. The zero-order chi connectivity index (χ0) is 17.4. The zero-order valence-corrected chi connectivity index (χ0v) is 14.2. The summed E-state index contributed by atoms with van der Waals surface area (Å²) < 4.78 is 49.1. The van der Waals surface area contributed by atoms with Gasteiger partial charge in [0.25, 0.3) is 0 Å². The van der Waals surface area contributed by atoms with E-state index >= 15 is 0 Å². The molecule has 124 valence electrons. The van der Waals surface area contributed by atoms with Gasteiger partial charge in [-0.15, -0.1) is 0 Å². The maximum atomic E-state index is 12.3. The maximum absolute atomic E-state index is 12.3. The fourth-order valence-electron chi connectivity index (χ4n) is 2.36. The Balaban J connectivity index is 1.81. The summed E-state index contributed by atoms with van der Waals surface area (Å²) in [6.07, 6.45) is 0. The van der Waals surface area contributed by atoms with Crippen LogP contribution in [0.25, 0.3) is 0 Å². The van der Waals surface area contributed by atoms with E-state index in [1.807, 2.05) is 0 Å². The third-order valence-electron chi connectivity index (χ3n) is 3.72. The van der Waals surface area contributed by atoms with Gasteiger partial charge >= 0.3 is 0 Å². The molecule has 0 aliphatic heterocycles. The summed E-state index contributed by atoms with van der Waals surface area (Å²) in [6, 6.07) is 15.6. The maximum Gasteiger partial charge on any atom is 0.187 e. The standard InChI is InChI=1S/C17H14O5S2/c18-17-15(11-23(19,20)13-7-3-1-4-8-13)16(17)12-24(21,22)14-9-5-2-6-10-14/h1-10H,11-12H2. The van der Waals surface area contributed by atoms with E-state index in [9.17, 15) is 21.6 Å². The Labute approximate surface area is 140 Å². The van der Waals surface area contributed by atoms with E-state index < -0.39 is 36.6 Å². The van der Waals surface area contributed by atoms with Crippen LogP contribution in [0.2, 0.25) is 0 Å². The van der Waals surface area contributed by atoms with E-state index in [4.69, 9.17) is 0 Å². The number of sulfone groups is 2. The summed E-state index contributed by atoms with van der Waals surface area (Å²) in [5.74, 6) is -0.926. The minimum Gasteiger partial charge on any atom is -0.289 e. The van der Waals surface area contributed by atoms with Crippen LogP contribution in [-0.2, 0) is 31.2 Å². The number of hydrogen-bond acceptors (Lipinski definition) is 5. The number of hydrogen-bond donors (Lipinski definition) is 0. The molecule has 3 rings (SSSR count). The summed E-state index contributed by atoms with van der Waals surface area (Å²) >= 11 is 0. The first-order valence-corrected chi connectivity index (χ1v) is 10.4. The highest BCUT2D eigenvalue weighted by Gasteiger charge is 2.31. The lowest BCUT2D eigenvalue weighted by atomic mass is 10.4. The Morgan fingerprint density at radius 2 is 0.917 bits per heavy atom. The second-order valence-corrected chi connectivity index (χ2v) is 9.41. The van der Waals surface area contributed by atoms with E-state index in [0.29, 0.717) is 0 Å². The molecule has 0 heterocycles. The van der Waals surface area contributed by atoms with Gasteiger partial charge in [-0.2, -0.15) is 0 Å². The van der Waals surface area contributed by atoms with Crippen LogP contribution in [0, 0.1) is 0 Å². The van der Waals surface area contributed by atoms with Crippen LogP contribution < -0.4 is 5.43 Å². The predicted molar refractivity (Wildman–Crippen MR) is 89.7 cm³/mol. The highest BCUT2D eigenvalue weighted by Crippen LogP contribution is 2.23. The Hall–Kier alpha value is -2.25. The van der Waals surface area contributed by atoms with Crippen molar-refractivity contribution in [3.63, 3.8) is 0 Å². The molecule has 0 N–H and O–H groups in total. The number of benzene rings is 2. The van der Waals surface area contributed by atoms with Crippen LogP contribution in [0.3, 0.4) is 0 Å². The van der Waals surface area contributed by atoms with Crippen molar-refractivity contribution in [2.24, 2.45) is 0 Å². The average Bonchev–Trinajstić information content (AvgIpc) is 3.15. The molecular formula is C17H14O5S2. The molecule has 0 unspecified atom stereocenters. The Bertz CT molecular complexity index is 986. The Morgan fingerprint density at radius 3 is 1.25 bits per heavy atom. The second kappa shape index (κ2) is 5.99. The molecule has 24 heavy (non-hydrogen) atoms. The van der Waals surface area contributed by atoms with Gasteiger partial charge < -0.3 is 0 Å². The topological polar surface area (TPSA) is 85.3 Å². The second-order valence-electron chi connectivity index (χ2n) is 5.43. The molecule has 3 aromatic carbocycles. The van der Waals surface area contributed by atoms with Crippen LogP contribution >= 0.6 is 0 Å². The fourth-order valence-corrected chi connectivity index (χ4v) is 5.20. The van der Waals surface area contributed by atoms with Gasteiger partial charge in [0.2, 0.25) is 0 Å². The third-order valence-corrected chi connectivity index (χ3v) is 7.04. The SMILES string of the molecule is O=c1c(CS(=O)(=O)c2ccccc2)c1CS(=O)(=O)c1ccccc1. The van der Waals surface area contributed by atoms with Gasteiger partial charge in [-0.25, -0.2) is 16.8 Å². The molecule has 3 aromatic rings. The van der Waals surface area contributed by atoms with Crippen molar-refractivity contribution in [1.82, 2.24) is 0 Å². The van der Waals surface area contributed by atoms with Crippen molar-refractivity contribution in [2.45, 2.75) is 21.3 Å². The third kappa shape index (κ3) is 3.32. The van der Waals surface area contributed by atoms with Gasteiger partial charge in [0.05, 0.1) is 21.3 Å². The van der Waals surface area contributed by atoms with Crippen molar-refractivity contribution in [2.75, 3.05) is 0 Å². The van der Waals surface area contributed by atoms with Gasteiger partial charge in [0.15, 0.2) is 25.1 Å². The van der Waals surface area contributed by atoms with Crippen molar-refractivity contribution in [3.05, 3.63) is 82.0 Å². The lowest BCUT2D eigenvalue weighted by molar-refractivity contribution is 0.592. The van der Waals surface area contributed by atoms with Gasteiger partial charge in [-0.05, 0) is 24.3 Å². The molecule has 0 amide bonds. The molecule has 0 saturated carbocycles. The van der Waals surface area contributed by atoms with E-state index in [-0.39, 0.29) is 20.9 Å². The highest BCUT2D eigenvalue weighted by atomic mass is 32.2. The number of rotatable bonds is 6. The fraction of sp³-hybridized carbons (Fsp3) is 0.118. The predicted octanol–water partition coefficient (Wildman–Crippen LogP) is 1.87. The van der Waals surface area contributed by atoms with Crippen molar-refractivity contribution < 1.29 is 16.8 Å². The van der Waals surface area contributed by atoms with Crippen LogP contribution in [0.5, 0.6) is 0 Å². The first-order valence-electron chi connectivity index (χ1n) is 7.13. The van der Waals surface area contributed by atoms with E-state index in [1.54, 1.807) is 36.4 Å². The van der Waals surface area contributed by atoms with E-state index in [1.165, 1.54) is 24.3 Å². The van der Waals surface area contributed by atoms with Crippen molar-refractivity contribution >= 4 is 19.7 Å². The Morgan fingerprint density at radius 1 is 0.583 bits per heavy atom. The van der Waals surface area contributed by atoms with Gasteiger partial charge in [-0.3, -0.25) is 4.79 Å². The quantitative estimate of drug-likeness (QED) is 0.668. The molecule has 0 aromatic heterocycles. The molecule has 0 atom stereocenters. The van der Waals surface area contributed by atoms with Crippen LogP contribution in [0.15, 0.2) is 75.2 Å². The molecule has 0 saturated heterocycles. The molecule has 0 aliphatic rings. The average molecular weight is 362 g/mol. The monoisotopic (exact) mass is 362 g/mol. The summed E-state index contributed by atoms with van der Waals surface area (Å²) in [7, 11) is -7.31. The molecule has 0 bridgehead atoms. The molecule has 0 aliphatic carbocycles. The molecule has 0 fully saturated rings. The zero-order valence-electron chi connectivity index (χ0n) is 12.5. The molecule has 0 spiro atoms. The summed E-state index contributed by atoms with van der Waals surface area (Å²) in [6.45, 7) is 0. The largest absolute Gasteiger partial charge is 0.289 e. The first-order chi connectivity index (χ1) is 11.3. The minimum atomic E-state index is -3.66. The highest BCUT2D eigenvalue weighted by molar-refractivity contribution is 7.91. The van der Waals surface area contributed by atoms with E-state index in [0.717, 1.165) is 0 Å². The van der Waals surface area contributed by atoms with Crippen molar-refractivity contribution in [3.8, 4) is 0 Å². The summed E-state index contributed by atoms with van der Waals surface area (Å²) in [5.41, 5.74) is -0.300. The van der Waals surface area contributed by atoms with Gasteiger partial charge in [0, 0.05) is 11.1 Å². The minimum absolute atomic E-state index is 0.0818. The van der Waals surface area contributed by atoms with Gasteiger partial charge in [0.1, 0.15) is 0 Å². The lowest BCUT2D eigenvalue weighted by Gasteiger charge is -2.01. The summed E-state index contributed by atoms with van der Waals surface area (Å²) in [4.78, 5) is 12.1. The molecule has 0 radical (unpaired) electrons. The van der Waals surface area contributed by atoms with Crippen molar-refractivity contribution in [1.29, 1.82) is 0 Å². The van der Waals surface area contributed by atoms with Gasteiger partial charge in [-0.1, -0.05) is 36.4 Å². The van der Waals surface area contributed by atoms with Crippen LogP contribution in [0.1, 0.15) is 11.1 Å². The summed E-state index contributed by atoms with van der Waals surface area (Å²) in [5, 5.41) is 0. The normalized spacial score (nSPS) is 12.5. The smallest absolute Gasteiger partial charge is 0.187 e. The van der Waals surface area contributed by atoms with E-state index in [2.05, 4.69) is 0 Å². The molecular weight excluding hydrogens is 348 g/mol. The Kier molecular flexibility index (Phi) is 4.15. The molecule has 7 heteroatoms.